The second-order valence-corrected chi connectivity index (χ2v) is 10.6. The van der Waals surface area contributed by atoms with E-state index in [9.17, 15) is 4.39 Å². The van der Waals surface area contributed by atoms with E-state index in [1.165, 1.54) is 23.6 Å². The summed E-state index contributed by atoms with van der Waals surface area (Å²) < 4.78 is 21.2. The Morgan fingerprint density at radius 2 is 1.85 bits per heavy atom. The van der Waals surface area contributed by atoms with Gasteiger partial charge < -0.3 is 9.64 Å². The highest BCUT2D eigenvalue weighted by Gasteiger charge is 2.40. The Bertz CT molecular complexity index is 883. The topological polar surface area (TPSA) is 36.5 Å². The summed E-state index contributed by atoms with van der Waals surface area (Å²) in [6, 6.07) is 16.1. The van der Waals surface area contributed by atoms with Crippen LogP contribution in [0.4, 0.5) is 4.39 Å². The molecule has 0 radical (unpaired) electrons. The van der Waals surface area contributed by atoms with Gasteiger partial charge in [0.25, 0.3) is 0 Å². The van der Waals surface area contributed by atoms with Crippen molar-refractivity contribution in [3.05, 3.63) is 71.0 Å². The molecule has 0 aromatic heterocycles. The number of hydrogen-bond donors (Lipinski definition) is 2. The Morgan fingerprint density at radius 3 is 2.50 bits per heavy atom. The van der Waals surface area contributed by atoms with Gasteiger partial charge in [0.1, 0.15) is 5.82 Å². The number of nitrogens with zero attached hydrogens (tertiary/aromatic N) is 1. The second kappa shape index (κ2) is 12.3. The Balaban J connectivity index is 1.73. The van der Waals surface area contributed by atoms with Crippen molar-refractivity contribution >= 4 is 0 Å². The largest absolute Gasteiger partial charge is 0.343 e. The SMILES string of the molecule is CCC[C@H](NC1NCC(C)C(c2ccc(CCCN(C)C)cc2)C(C)(C)O1)c1ccccc1F. The molecule has 0 spiro atoms. The number of benzene rings is 2. The van der Waals surface area contributed by atoms with Gasteiger partial charge in [-0.25, -0.2) is 4.39 Å². The maximum Gasteiger partial charge on any atom is 0.164 e. The lowest BCUT2D eigenvalue weighted by Gasteiger charge is -2.38. The predicted molar refractivity (Wildman–Crippen MR) is 139 cm³/mol. The smallest absolute Gasteiger partial charge is 0.164 e. The van der Waals surface area contributed by atoms with Gasteiger partial charge in [-0.1, -0.05) is 62.7 Å². The molecule has 1 aliphatic heterocycles. The van der Waals surface area contributed by atoms with Crippen molar-refractivity contribution in [3.8, 4) is 0 Å². The highest BCUT2D eigenvalue weighted by molar-refractivity contribution is 5.28. The lowest BCUT2D eigenvalue weighted by atomic mass is 9.76. The van der Waals surface area contributed by atoms with E-state index < -0.39 is 0 Å². The van der Waals surface area contributed by atoms with E-state index in [1.807, 2.05) is 12.1 Å². The lowest BCUT2D eigenvalue weighted by Crippen LogP contribution is -2.49. The summed E-state index contributed by atoms with van der Waals surface area (Å²) in [5.74, 6) is 0.471. The van der Waals surface area contributed by atoms with Crippen LogP contribution in [0.5, 0.6) is 0 Å². The minimum Gasteiger partial charge on any atom is -0.343 e. The van der Waals surface area contributed by atoms with Crippen molar-refractivity contribution in [2.24, 2.45) is 5.92 Å². The van der Waals surface area contributed by atoms with Crippen LogP contribution in [0, 0.1) is 11.7 Å². The Hall–Kier alpha value is -1.79. The molecule has 4 atom stereocenters. The summed E-state index contributed by atoms with van der Waals surface area (Å²) in [5.41, 5.74) is 3.01. The van der Waals surface area contributed by atoms with Crippen LogP contribution in [0.25, 0.3) is 0 Å². The zero-order valence-corrected chi connectivity index (χ0v) is 21.9. The van der Waals surface area contributed by atoms with Gasteiger partial charge in [-0.05, 0) is 76.9 Å². The highest BCUT2D eigenvalue weighted by atomic mass is 19.1. The first-order chi connectivity index (χ1) is 16.2. The number of hydrogen-bond acceptors (Lipinski definition) is 4. The first-order valence-corrected chi connectivity index (χ1v) is 12.9. The maximum atomic E-state index is 14.5. The second-order valence-electron chi connectivity index (χ2n) is 10.6. The van der Waals surface area contributed by atoms with Crippen LogP contribution in [-0.2, 0) is 11.2 Å². The standard InChI is InChI=1S/C29H44FN3O/c1-7-11-26(24-13-8-9-14-25(24)30)32-28-31-20-21(2)27(29(3,4)34-28)23-17-15-22(16-18-23)12-10-19-33(5)6/h8-9,13-18,21,26-28,31-32H,7,10-12,19-20H2,1-6H3/t21?,26-,27?,28?/m0/s1. The van der Waals surface area contributed by atoms with Gasteiger partial charge in [0, 0.05) is 24.1 Å². The Kier molecular flexibility index (Phi) is 9.66. The summed E-state index contributed by atoms with van der Waals surface area (Å²) in [4.78, 5) is 2.23. The van der Waals surface area contributed by atoms with Crippen LogP contribution in [-0.4, -0.2) is 44.0 Å². The molecule has 4 nitrogen and oxygen atoms in total. The Labute approximate surface area is 206 Å². The summed E-state index contributed by atoms with van der Waals surface area (Å²) in [5, 5.41) is 7.12. The third kappa shape index (κ3) is 7.11. The number of rotatable bonds is 10. The maximum absolute atomic E-state index is 14.5. The van der Waals surface area contributed by atoms with Gasteiger partial charge in [-0.2, -0.15) is 0 Å². The molecular formula is C29H44FN3O. The Morgan fingerprint density at radius 1 is 1.15 bits per heavy atom. The van der Waals surface area contributed by atoms with Crippen molar-refractivity contribution in [1.29, 1.82) is 0 Å². The van der Waals surface area contributed by atoms with Crippen molar-refractivity contribution < 1.29 is 9.13 Å². The number of ether oxygens (including phenoxy) is 1. The summed E-state index contributed by atoms with van der Waals surface area (Å²) in [6.45, 7) is 10.7. The molecule has 2 aromatic rings. The van der Waals surface area contributed by atoms with Crippen LogP contribution in [0.1, 0.15) is 75.6 Å². The zero-order chi connectivity index (χ0) is 24.7. The molecule has 2 aromatic carbocycles. The summed E-state index contributed by atoms with van der Waals surface area (Å²) in [6.07, 6.45) is 3.73. The van der Waals surface area contributed by atoms with Crippen LogP contribution < -0.4 is 10.6 Å². The van der Waals surface area contributed by atoms with Gasteiger partial charge >= 0.3 is 0 Å². The van der Waals surface area contributed by atoms with E-state index in [4.69, 9.17) is 4.74 Å². The third-order valence-corrected chi connectivity index (χ3v) is 6.98. The molecule has 34 heavy (non-hydrogen) atoms. The van der Waals surface area contributed by atoms with E-state index in [0.29, 0.717) is 11.5 Å². The van der Waals surface area contributed by atoms with Gasteiger partial charge in [0.15, 0.2) is 6.35 Å². The molecule has 3 rings (SSSR count). The van der Waals surface area contributed by atoms with Crippen molar-refractivity contribution in [2.75, 3.05) is 27.2 Å². The number of aryl methyl sites for hydroxylation is 1. The van der Waals surface area contributed by atoms with E-state index in [0.717, 1.165) is 32.4 Å². The molecule has 0 aliphatic carbocycles. The van der Waals surface area contributed by atoms with Crippen molar-refractivity contribution in [1.82, 2.24) is 15.5 Å². The molecule has 3 unspecified atom stereocenters. The molecule has 1 heterocycles. The molecule has 1 saturated heterocycles. The highest BCUT2D eigenvalue weighted by Crippen LogP contribution is 2.40. The van der Waals surface area contributed by atoms with Crippen molar-refractivity contribution in [3.63, 3.8) is 0 Å². The molecule has 5 heteroatoms. The fourth-order valence-corrected chi connectivity index (χ4v) is 5.39. The minimum atomic E-state index is -0.390. The molecule has 0 saturated carbocycles. The monoisotopic (exact) mass is 469 g/mol. The average Bonchev–Trinajstić information content (AvgIpc) is 2.89. The van der Waals surface area contributed by atoms with Gasteiger partial charge in [0.05, 0.1) is 5.60 Å². The van der Waals surface area contributed by atoms with Gasteiger partial charge in [-0.3, -0.25) is 10.6 Å². The van der Waals surface area contributed by atoms with Crippen LogP contribution >= 0.6 is 0 Å². The van der Waals surface area contributed by atoms with Gasteiger partial charge in [0.2, 0.25) is 0 Å². The number of nitrogens with one attached hydrogen (secondary N) is 2. The van der Waals surface area contributed by atoms with E-state index in [2.05, 4.69) is 81.6 Å². The summed E-state index contributed by atoms with van der Waals surface area (Å²) >= 11 is 0. The molecular weight excluding hydrogens is 425 g/mol. The average molecular weight is 470 g/mol. The molecule has 2 N–H and O–H groups in total. The molecule has 1 fully saturated rings. The first-order valence-electron chi connectivity index (χ1n) is 12.9. The predicted octanol–water partition coefficient (Wildman–Crippen LogP) is 5.85. The third-order valence-electron chi connectivity index (χ3n) is 6.98. The normalized spacial score (nSPS) is 23.6. The molecule has 188 valence electrons. The minimum absolute atomic E-state index is 0.104. The quantitative estimate of drug-likeness (QED) is 0.457. The molecule has 0 bridgehead atoms. The van der Waals surface area contributed by atoms with Crippen LogP contribution in [0.2, 0.25) is 0 Å². The van der Waals surface area contributed by atoms with E-state index in [1.54, 1.807) is 6.07 Å². The van der Waals surface area contributed by atoms with E-state index >= 15 is 0 Å². The number of halogens is 1. The first kappa shape index (κ1) is 26.8. The van der Waals surface area contributed by atoms with E-state index in [-0.39, 0.29) is 29.7 Å². The zero-order valence-electron chi connectivity index (χ0n) is 21.9. The fraction of sp³-hybridized carbons (Fsp3) is 0.586. The van der Waals surface area contributed by atoms with Crippen LogP contribution in [0.3, 0.4) is 0 Å². The molecule has 0 amide bonds. The van der Waals surface area contributed by atoms with Crippen molar-refractivity contribution in [2.45, 2.75) is 77.3 Å². The van der Waals surface area contributed by atoms with Gasteiger partial charge in [-0.15, -0.1) is 0 Å². The lowest BCUT2D eigenvalue weighted by molar-refractivity contribution is -0.107. The van der Waals surface area contributed by atoms with Crippen LogP contribution in [0.15, 0.2) is 48.5 Å². The molecule has 1 aliphatic rings. The fourth-order valence-electron chi connectivity index (χ4n) is 5.39. The summed E-state index contributed by atoms with van der Waals surface area (Å²) in [7, 11) is 4.24.